The Kier molecular flexibility index (Phi) is 4.28. The van der Waals surface area contributed by atoms with Gasteiger partial charge >= 0.3 is 0 Å². The minimum Gasteiger partial charge on any atom is -0.399 e. The summed E-state index contributed by atoms with van der Waals surface area (Å²) in [5.74, 6) is 0. The second kappa shape index (κ2) is 6.33. The van der Waals surface area contributed by atoms with E-state index >= 15 is 0 Å². The molecule has 3 rings (SSSR count). The van der Waals surface area contributed by atoms with Gasteiger partial charge in [0.05, 0.1) is 11.3 Å². The molecule has 0 bridgehead atoms. The van der Waals surface area contributed by atoms with E-state index in [1.54, 1.807) is 6.07 Å². The molecule has 2 heterocycles. The third kappa shape index (κ3) is 3.12. The van der Waals surface area contributed by atoms with Crippen LogP contribution in [0.1, 0.15) is 18.4 Å². The summed E-state index contributed by atoms with van der Waals surface area (Å²) < 4.78 is 5.44. The molecule has 1 aromatic carbocycles. The first-order chi connectivity index (χ1) is 10.3. The summed E-state index contributed by atoms with van der Waals surface area (Å²) in [6.07, 6.45) is 2.29. The van der Waals surface area contributed by atoms with E-state index in [2.05, 4.69) is 15.9 Å². The van der Waals surface area contributed by atoms with Gasteiger partial charge in [-0.1, -0.05) is 0 Å². The molecule has 2 aliphatic heterocycles. The van der Waals surface area contributed by atoms with Gasteiger partial charge in [0.15, 0.2) is 0 Å². The predicted octanol–water partition coefficient (Wildman–Crippen LogP) is 1.44. The number of hydrogen-bond acceptors (Lipinski definition) is 5. The normalized spacial score (nSPS) is 21.2. The van der Waals surface area contributed by atoms with E-state index in [1.807, 2.05) is 12.1 Å². The van der Waals surface area contributed by atoms with Crippen LogP contribution in [0.3, 0.4) is 0 Å². The molecule has 0 aliphatic carbocycles. The van der Waals surface area contributed by atoms with Gasteiger partial charge in [0, 0.05) is 51.1 Å². The minimum atomic E-state index is 0.649. The Morgan fingerprint density at radius 2 is 1.86 bits per heavy atom. The maximum atomic E-state index is 9.27. The highest BCUT2D eigenvalue weighted by atomic mass is 16.5. The van der Waals surface area contributed by atoms with Crippen LogP contribution in [0.15, 0.2) is 18.2 Å². The van der Waals surface area contributed by atoms with Gasteiger partial charge in [-0.05, 0) is 31.0 Å². The number of rotatable bonds is 2. The topological polar surface area (TPSA) is 65.5 Å². The molecule has 0 spiro atoms. The lowest BCUT2D eigenvalue weighted by Crippen LogP contribution is -2.51. The molecule has 2 saturated heterocycles. The fraction of sp³-hybridized carbons (Fsp3) is 0.562. The van der Waals surface area contributed by atoms with Crippen molar-refractivity contribution >= 4 is 11.4 Å². The van der Waals surface area contributed by atoms with Crippen LogP contribution >= 0.6 is 0 Å². The fourth-order valence-electron chi connectivity index (χ4n) is 3.30. The summed E-state index contributed by atoms with van der Waals surface area (Å²) in [7, 11) is 0. The van der Waals surface area contributed by atoms with Crippen molar-refractivity contribution in [2.45, 2.75) is 18.9 Å². The molecule has 112 valence electrons. The first kappa shape index (κ1) is 14.2. The molecule has 5 nitrogen and oxygen atoms in total. The average molecular weight is 286 g/mol. The van der Waals surface area contributed by atoms with Gasteiger partial charge in [-0.15, -0.1) is 0 Å². The molecule has 2 fully saturated rings. The molecule has 21 heavy (non-hydrogen) atoms. The molecule has 2 N–H and O–H groups in total. The second-order valence-corrected chi connectivity index (χ2v) is 5.75. The Balaban J connectivity index is 1.64. The van der Waals surface area contributed by atoms with Gasteiger partial charge < -0.3 is 15.4 Å². The molecular weight excluding hydrogens is 264 g/mol. The Bertz CT molecular complexity index is 526. The quantitative estimate of drug-likeness (QED) is 0.833. The van der Waals surface area contributed by atoms with E-state index in [0.29, 0.717) is 17.3 Å². The second-order valence-electron chi connectivity index (χ2n) is 5.75. The molecule has 0 unspecified atom stereocenters. The number of ether oxygens (including phenoxy) is 1. The monoisotopic (exact) mass is 286 g/mol. The summed E-state index contributed by atoms with van der Waals surface area (Å²) in [6, 6.07) is 8.54. The fourth-order valence-corrected chi connectivity index (χ4v) is 3.30. The third-order valence-electron chi connectivity index (χ3n) is 4.50. The van der Waals surface area contributed by atoms with E-state index in [-0.39, 0.29) is 0 Å². The van der Waals surface area contributed by atoms with Gasteiger partial charge in [-0.2, -0.15) is 5.26 Å². The molecule has 5 heteroatoms. The average Bonchev–Trinajstić information content (AvgIpc) is 2.56. The van der Waals surface area contributed by atoms with Gasteiger partial charge in [0.25, 0.3) is 0 Å². The zero-order chi connectivity index (χ0) is 14.7. The summed E-state index contributed by atoms with van der Waals surface area (Å²) in [5, 5.41) is 9.27. The SMILES string of the molecule is N#Cc1cc(N)ccc1N1CCN(C2CCOCC2)CC1. The van der Waals surface area contributed by atoms with E-state index in [4.69, 9.17) is 10.5 Å². The van der Waals surface area contributed by atoms with Crippen LogP contribution in [0.25, 0.3) is 0 Å². The first-order valence-corrected chi connectivity index (χ1v) is 7.64. The number of nitrogen functional groups attached to an aromatic ring is 1. The number of hydrogen-bond donors (Lipinski definition) is 1. The highest BCUT2D eigenvalue weighted by Crippen LogP contribution is 2.25. The summed E-state index contributed by atoms with van der Waals surface area (Å²) >= 11 is 0. The molecule has 0 amide bonds. The molecule has 0 radical (unpaired) electrons. The maximum Gasteiger partial charge on any atom is 0.101 e. The third-order valence-corrected chi connectivity index (χ3v) is 4.50. The van der Waals surface area contributed by atoms with Crippen LogP contribution in [0.4, 0.5) is 11.4 Å². The van der Waals surface area contributed by atoms with Crippen molar-refractivity contribution in [3.8, 4) is 6.07 Å². The summed E-state index contributed by atoms with van der Waals surface area (Å²) in [5.41, 5.74) is 8.10. The Morgan fingerprint density at radius 3 is 2.52 bits per heavy atom. The van der Waals surface area contributed by atoms with Crippen LogP contribution in [0.5, 0.6) is 0 Å². The predicted molar refractivity (Wildman–Crippen MR) is 83.2 cm³/mol. The molecule has 2 aliphatic rings. The van der Waals surface area contributed by atoms with Crippen LogP contribution in [-0.4, -0.2) is 50.3 Å². The van der Waals surface area contributed by atoms with E-state index in [0.717, 1.165) is 57.9 Å². The number of nitrogens with zero attached hydrogens (tertiary/aromatic N) is 3. The van der Waals surface area contributed by atoms with Crippen molar-refractivity contribution < 1.29 is 4.74 Å². The Hall–Kier alpha value is -1.77. The van der Waals surface area contributed by atoms with Crippen molar-refractivity contribution in [1.29, 1.82) is 5.26 Å². The van der Waals surface area contributed by atoms with Crippen LogP contribution in [0, 0.1) is 11.3 Å². The van der Waals surface area contributed by atoms with Crippen molar-refractivity contribution in [3.63, 3.8) is 0 Å². The molecule has 0 aromatic heterocycles. The summed E-state index contributed by atoms with van der Waals surface area (Å²) in [4.78, 5) is 4.87. The van der Waals surface area contributed by atoms with Crippen LogP contribution in [0.2, 0.25) is 0 Å². The number of nitrogens with two attached hydrogens (primary N) is 1. The zero-order valence-corrected chi connectivity index (χ0v) is 12.3. The highest BCUT2D eigenvalue weighted by molar-refractivity contribution is 5.64. The van der Waals surface area contributed by atoms with Crippen molar-refractivity contribution in [2.24, 2.45) is 0 Å². The molecular formula is C16H22N4O. The zero-order valence-electron chi connectivity index (χ0n) is 12.3. The van der Waals surface area contributed by atoms with Gasteiger partial charge in [-0.3, -0.25) is 4.90 Å². The van der Waals surface area contributed by atoms with Gasteiger partial charge in [0.2, 0.25) is 0 Å². The van der Waals surface area contributed by atoms with E-state index in [9.17, 15) is 5.26 Å². The van der Waals surface area contributed by atoms with Crippen molar-refractivity contribution in [2.75, 3.05) is 50.0 Å². The minimum absolute atomic E-state index is 0.649. The molecule has 0 saturated carbocycles. The largest absolute Gasteiger partial charge is 0.399 e. The summed E-state index contributed by atoms with van der Waals surface area (Å²) in [6.45, 7) is 5.83. The number of benzene rings is 1. The molecule has 0 atom stereocenters. The van der Waals surface area contributed by atoms with E-state index < -0.39 is 0 Å². The highest BCUT2D eigenvalue weighted by Gasteiger charge is 2.26. The molecule has 1 aromatic rings. The Labute approximate surface area is 125 Å². The van der Waals surface area contributed by atoms with Crippen LogP contribution < -0.4 is 10.6 Å². The first-order valence-electron chi connectivity index (χ1n) is 7.64. The number of nitriles is 1. The Morgan fingerprint density at radius 1 is 1.14 bits per heavy atom. The maximum absolute atomic E-state index is 9.27. The standard InChI is InChI=1S/C16H22N4O/c17-12-13-11-14(18)1-2-16(13)20-7-5-19(6-8-20)15-3-9-21-10-4-15/h1-2,11,15H,3-10,18H2. The number of piperazine rings is 1. The smallest absolute Gasteiger partial charge is 0.101 e. The van der Waals surface area contributed by atoms with Crippen molar-refractivity contribution in [1.82, 2.24) is 4.90 Å². The van der Waals surface area contributed by atoms with Gasteiger partial charge in [0.1, 0.15) is 6.07 Å². The lowest BCUT2D eigenvalue weighted by atomic mass is 10.1. The number of anilines is 2. The van der Waals surface area contributed by atoms with Crippen molar-refractivity contribution in [3.05, 3.63) is 23.8 Å². The van der Waals surface area contributed by atoms with Gasteiger partial charge in [-0.25, -0.2) is 0 Å². The van der Waals surface area contributed by atoms with Crippen LogP contribution in [-0.2, 0) is 4.74 Å². The lowest BCUT2D eigenvalue weighted by molar-refractivity contribution is 0.0321. The van der Waals surface area contributed by atoms with E-state index in [1.165, 1.54) is 0 Å². The lowest BCUT2D eigenvalue weighted by Gasteiger charge is -2.41.